The molecule has 0 aliphatic rings. The zero-order valence-electron chi connectivity index (χ0n) is 14.5. The summed E-state index contributed by atoms with van der Waals surface area (Å²) >= 11 is 7.54. The van der Waals surface area contributed by atoms with Crippen molar-refractivity contribution in [2.45, 2.75) is 24.8 Å². The van der Waals surface area contributed by atoms with E-state index in [1.807, 2.05) is 38.1 Å². The van der Waals surface area contributed by atoms with Crippen LogP contribution in [0, 0.1) is 13.8 Å². The van der Waals surface area contributed by atoms with Gasteiger partial charge in [-0.3, -0.25) is 0 Å². The molecule has 0 unspecified atom stereocenters. The van der Waals surface area contributed by atoms with Crippen LogP contribution in [0.25, 0.3) is 22.8 Å². The molecular formula is C17H15ClN6O2S. The van der Waals surface area contributed by atoms with Crippen molar-refractivity contribution in [3.8, 4) is 22.8 Å². The molecule has 0 radical (unpaired) electrons. The van der Waals surface area contributed by atoms with Gasteiger partial charge in [0.2, 0.25) is 11.0 Å². The van der Waals surface area contributed by atoms with E-state index >= 15 is 0 Å². The molecule has 1 aromatic carbocycles. The molecule has 3 heterocycles. The van der Waals surface area contributed by atoms with Gasteiger partial charge in [0.15, 0.2) is 5.82 Å². The summed E-state index contributed by atoms with van der Waals surface area (Å²) in [7, 11) is 0. The maximum Gasteiger partial charge on any atom is 0.251 e. The highest BCUT2D eigenvalue weighted by Gasteiger charge is 2.17. The number of hydrogen-bond donors (Lipinski definition) is 1. The van der Waals surface area contributed by atoms with Crippen molar-refractivity contribution in [2.75, 3.05) is 5.84 Å². The fourth-order valence-electron chi connectivity index (χ4n) is 2.59. The van der Waals surface area contributed by atoms with Crippen LogP contribution >= 0.6 is 23.4 Å². The third-order valence-corrected chi connectivity index (χ3v) is 5.10. The van der Waals surface area contributed by atoms with Crippen LogP contribution in [-0.4, -0.2) is 25.1 Å². The Morgan fingerprint density at radius 1 is 1.07 bits per heavy atom. The Hall–Kier alpha value is -2.78. The Labute approximate surface area is 163 Å². The van der Waals surface area contributed by atoms with Gasteiger partial charge in [0.05, 0.1) is 16.3 Å². The molecule has 2 N–H and O–H groups in total. The van der Waals surface area contributed by atoms with Crippen LogP contribution in [0.5, 0.6) is 0 Å². The zero-order chi connectivity index (χ0) is 19.0. The number of rotatable bonds is 5. The molecule has 0 atom stereocenters. The number of nitrogens with zero attached hydrogens (tertiary/aromatic N) is 5. The molecule has 27 heavy (non-hydrogen) atoms. The number of halogens is 1. The number of thioether (sulfide) groups is 1. The molecule has 0 fully saturated rings. The Kier molecular flexibility index (Phi) is 4.63. The lowest BCUT2D eigenvalue weighted by Crippen LogP contribution is -2.11. The van der Waals surface area contributed by atoms with Gasteiger partial charge in [-0.2, -0.15) is 0 Å². The summed E-state index contributed by atoms with van der Waals surface area (Å²) in [4.78, 5) is 0. The van der Waals surface area contributed by atoms with Crippen molar-refractivity contribution < 1.29 is 8.83 Å². The molecule has 4 rings (SSSR count). The zero-order valence-corrected chi connectivity index (χ0v) is 16.1. The van der Waals surface area contributed by atoms with Crippen LogP contribution in [0.2, 0.25) is 5.02 Å². The molecule has 0 aliphatic carbocycles. The van der Waals surface area contributed by atoms with Gasteiger partial charge in [-0.05, 0) is 32.0 Å². The summed E-state index contributed by atoms with van der Waals surface area (Å²) in [6, 6.07) is 9.19. The molecule has 138 valence electrons. The van der Waals surface area contributed by atoms with E-state index in [4.69, 9.17) is 26.3 Å². The topological polar surface area (TPSA) is 109 Å². The number of hydrogen-bond acceptors (Lipinski definition) is 8. The first kappa shape index (κ1) is 17.6. The summed E-state index contributed by atoms with van der Waals surface area (Å²) in [5, 5.41) is 17.5. The number of aryl methyl sites for hydroxylation is 2. The van der Waals surface area contributed by atoms with Crippen LogP contribution in [-0.2, 0) is 5.75 Å². The average molecular weight is 403 g/mol. The Morgan fingerprint density at radius 3 is 2.63 bits per heavy atom. The molecule has 4 aromatic rings. The number of benzene rings is 1. The van der Waals surface area contributed by atoms with Crippen molar-refractivity contribution in [1.82, 2.24) is 25.1 Å². The van der Waals surface area contributed by atoms with Crippen LogP contribution in [0.1, 0.15) is 17.4 Å². The lowest BCUT2D eigenvalue weighted by atomic mass is 10.2. The molecule has 3 aromatic heterocycles. The highest BCUT2D eigenvalue weighted by molar-refractivity contribution is 7.98. The van der Waals surface area contributed by atoms with Gasteiger partial charge in [0.25, 0.3) is 5.89 Å². The molecule has 0 spiro atoms. The third-order valence-electron chi connectivity index (χ3n) is 3.84. The smallest absolute Gasteiger partial charge is 0.251 e. The van der Waals surface area contributed by atoms with Gasteiger partial charge >= 0.3 is 0 Å². The number of nitrogen functional groups attached to an aromatic ring is 1. The van der Waals surface area contributed by atoms with E-state index in [0.29, 0.717) is 39.1 Å². The Morgan fingerprint density at radius 2 is 1.89 bits per heavy atom. The lowest BCUT2D eigenvalue weighted by molar-refractivity contribution is 0.499. The van der Waals surface area contributed by atoms with Gasteiger partial charge in [-0.1, -0.05) is 35.5 Å². The van der Waals surface area contributed by atoms with E-state index in [-0.39, 0.29) is 0 Å². The minimum atomic E-state index is 0.404. The van der Waals surface area contributed by atoms with Crippen LogP contribution < -0.4 is 5.84 Å². The van der Waals surface area contributed by atoms with Gasteiger partial charge in [-0.25, -0.2) is 4.68 Å². The molecule has 0 saturated heterocycles. The molecule has 0 saturated carbocycles. The first-order chi connectivity index (χ1) is 13.0. The monoisotopic (exact) mass is 402 g/mol. The summed E-state index contributed by atoms with van der Waals surface area (Å²) in [6.45, 7) is 3.72. The Balaban J connectivity index is 1.50. The fourth-order valence-corrected chi connectivity index (χ4v) is 3.51. The first-order valence-electron chi connectivity index (χ1n) is 8.01. The minimum absolute atomic E-state index is 0.404. The first-order valence-corrected chi connectivity index (χ1v) is 9.37. The van der Waals surface area contributed by atoms with Crippen LogP contribution in [0.4, 0.5) is 0 Å². The second-order valence-corrected chi connectivity index (χ2v) is 7.12. The second-order valence-electron chi connectivity index (χ2n) is 5.77. The number of nitrogens with two attached hydrogens (primary N) is 1. The summed E-state index contributed by atoms with van der Waals surface area (Å²) in [5.74, 6) is 9.41. The standard InChI is InChI=1S/C17H15ClN6O2S/c1-9-7-12(10(2)25-9)16-22-20-14(26-16)8-27-17-23-21-15(24(17)19)11-5-3-4-6-13(11)18/h3-7H,8,19H2,1-2H3. The molecule has 0 bridgehead atoms. The highest BCUT2D eigenvalue weighted by atomic mass is 35.5. The third kappa shape index (κ3) is 3.43. The Bertz CT molecular complexity index is 1100. The normalized spacial score (nSPS) is 11.2. The second kappa shape index (κ2) is 7.09. The van der Waals surface area contributed by atoms with E-state index in [9.17, 15) is 0 Å². The largest absolute Gasteiger partial charge is 0.466 e. The molecule has 0 amide bonds. The molecule has 8 nitrogen and oxygen atoms in total. The van der Waals surface area contributed by atoms with Gasteiger partial charge in [0, 0.05) is 5.56 Å². The van der Waals surface area contributed by atoms with E-state index in [1.165, 1.54) is 16.4 Å². The van der Waals surface area contributed by atoms with E-state index in [1.54, 1.807) is 6.07 Å². The van der Waals surface area contributed by atoms with Gasteiger partial charge < -0.3 is 14.7 Å². The van der Waals surface area contributed by atoms with Gasteiger partial charge in [0.1, 0.15) is 11.5 Å². The summed E-state index contributed by atoms with van der Waals surface area (Å²) in [6.07, 6.45) is 0. The summed E-state index contributed by atoms with van der Waals surface area (Å²) in [5.41, 5.74) is 1.51. The van der Waals surface area contributed by atoms with E-state index in [2.05, 4.69) is 20.4 Å². The number of aromatic nitrogens is 5. The SMILES string of the molecule is Cc1cc(-c2nnc(CSc3nnc(-c4ccccc4Cl)n3N)o2)c(C)o1. The maximum absolute atomic E-state index is 6.20. The molecule has 10 heteroatoms. The van der Waals surface area contributed by atoms with Crippen LogP contribution in [0.3, 0.4) is 0 Å². The van der Waals surface area contributed by atoms with E-state index < -0.39 is 0 Å². The molecule has 0 aliphatic heterocycles. The fraction of sp³-hybridized carbons (Fsp3) is 0.176. The van der Waals surface area contributed by atoms with Crippen molar-refractivity contribution >= 4 is 23.4 Å². The van der Waals surface area contributed by atoms with Crippen LogP contribution in [0.15, 0.2) is 44.3 Å². The predicted molar refractivity (Wildman–Crippen MR) is 102 cm³/mol. The van der Waals surface area contributed by atoms with Crippen molar-refractivity contribution in [1.29, 1.82) is 0 Å². The lowest BCUT2D eigenvalue weighted by Gasteiger charge is -2.04. The quantitative estimate of drug-likeness (QED) is 0.396. The van der Waals surface area contributed by atoms with E-state index in [0.717, 1.165) is 17.1 Å². The highest BCUT2D eigenvalue weighted by Crippen LogP contribution is 2.30. The average Bonchev–Trinajstić information content (AvgIpc) is 3.33. The van der Waals surface area contributed by atoms with Crippen molar-refractivity contribution in [3.63, 3.8) is 0 Å². The summed E-state index contributed by atoms with van der Waals surface area (Å²) < 4.78 is 12.6. The minimum Gasteiger partial charge on any atom is -0.466 e. The molecular weight excluding hydrogens is 388 g/mol. The van der Waals surface area contributed by atoms with Crippen molar-refractivity contribution in [2.24, 2.45) is 0 Å². The predicted octanol–water partition coefficient (Wildman–Crippen LogP) is 3.86. The number of furan rings is 1. The maximum atomic E-state index is 6.20. The van der Waals surface area contributed by atoms with Gasteiger partial charge in [-0.15, -0.1) is 20.4 Å². The van der Waals surface area contributed by atoms with Crippen molar-refractivity contribution in [3.05, 3.63) is 52.8 Å².